The summed E-state index contributed by atoms with van der Waals surface area (Å²) in [5, 5.41) is 8.40. The largest absolute Gasteiger partial charge is 0.399 e. The molecule has 5 nitrogen and oxygen atoms in total. The number of allylic oxidation sites excluding steroid dienone is 2. The van der Waals surface area contributed by atoms with Crippen molar-refractivity contribution in [3.63, 3.8) is 0 Å². The summed E-state index contributed by atoms with van der Waals surface area (Å²) >= 11 is 0.793. The van der Waals surface area contributed by atoms with Crippen molar-refractivity contribution in [2.24, 2.45) is 5.73 Å². The van der Waals surface area contributed by atoms with Gasteiger partial charge in [0.2, 0.25) is 0 Å². The van der Waals surface area contributed by atoms with Gasteiger partial charge in [-0.3, -0.25) is 14.9 Å². The minimum atomic E-state index is -0.448. The van der Waals surface area contributed by atoms with Gasteiger partial charge < -0.3 is 11.1 Å². The molecule has 2 amide bonds. The van der Waals surface area contributed by atoms with E-state index in [4.69, 9.17) is 11.1 Å². The van der Waals surface area contributed by atoms with Crippen molar-refractivity contribution in [3.05, 3.63) is 22.8 Å². The van der Waals surface area contributed by atoms with Crippen LogP contribution in [0.4, 0.5) is 4.79 Å². The van der Waals surface area contributed by atoms with Gasteiger partial charge in [0.15, 0.2) is 0 Å². The van der Waals surface area contributed by atoms with Gasteiger partial charge >= 0.3 is 0 Å². The van der Waals surface area contributed by atoms with Crippen molar-refractivity contribution in [1.82, 2.24) is 5.32 Å². The maximum atomic E-state index is 11.0. The zero-order valence-corrected chi connectivity index (χ0v) is 7.35. The van der Waals surface area contributed by atoms with Crippen LogP contribution in [0.1, 0.15) is 0 Å². The second-order valence-corrected chi connectivity index (χ2v) is 3.20. The summed E-state index contributed by atoms with van der Waals surface area (Å²) in [6.07, 6.45) is 3.69. The molecule has 6 heteroatoms. The Morgan fingerprint density at radius 2 is 2.23 bits per heavy atom. The van der Waals surface area contributed by atoms with Crippen LogP contribution < -0.4 is 11.1 Å². The van der Waals surface area contributed by atoms with Gasteiger partial charge in [-0.1, -0.05) is 0 Å². The number of rotatable bonds is 2. The van der Waals surface area contributed by atoms with Crippen LogP contribution in [-0.2, 0) is 4.79 Å². The first-order chi connectivity index (χ1) is 6.13. The van der Waals surface area contributed by atoms with Crippen molar-refractivity contribution in [2.75, 3.05) is 0 Å². The van der Waals surface area contributed by atoms with Crippen molar-refractivity contribution < 1.29 is 9.59 Å². The Morgan fingerprint density at radius 3 is 2.69 bits per heavy atom. The highest BCUT2D eigenvalue weighted by Crippen LogP contribution is 2.23. The monoisotopic (exact) mass is 197 g/mol. The number of hydrogen-bond acceptors (Lipinski definition) is 5. The van der Waals surface area contributed by atoms with Crippen molar-refractivity contribution in [2.45, 2.75) is 0 Å². The molecular weight excluding hydrogens is 190 g/mol. The van der Waals surface area contributed by atoms with Crippen LogP contribution in [0.2, 0.25) is 0 Å². The molecule has 0 aromatic heterocycles. The molecule has 1 aliphatic rings. The first kappa shape index (κ1) is 9.53. The number of amides is 2. The lowest BCUT2D eigenvalue weighted by Crippen LogP contribution is -2.18. The lowest BCUT2D eigenvalue weighted by molar-refractivity contribution is -0.115. The zero-order valence-electron chi connectivity index (χ0n) is 6.53. The van der Waals surface area contributed by atoms with E-state index >= 15 is 0 Å². The van der Waals surface area contributed by atoms with Gasteiger partial charge in [0.1, 0.15) is 0 Å². The summed E-state index contributed by atoms with van der Waals surface area (Å²) in [4.78, 5) is 21.9. The van der Waals surface area contributed by atoms with Crippen LogP contribution in [0.3, 0.4) is 0 Å². The van der Waals surface area contributed by atoms with Gasteiger partial charge in [-0.15, -0.1) is 0 Å². The molecular formula is C7H7N3O2S. The first-order valence-corrected chi connectivity index (χ1v) is 4.16. The lowest BCUT2D eigenvalue weighted by Gasteiger charge is -1.91. The molecule has 0 unspecified atom stereocenters. The summed E-state index contributed by atoms with van der Waals surface area (Å²) in [7, 11) is 0. The van der Waals surface area contributed by atoms with Crippen LogP contribution in [-0.4, -0.2) is 17.4 Å². The normalized spacial score (nSPS) is 20.6. The Hall–Kier alpha value is -1.56. The third kappa shape index (κ3) is 2.45. The Bertz CT molecular complexity index is 333. The summed E-state index contributed by atoms with van der Waals surface area (Å²) in [5.74, 6) is -0.448. The highest BCUT2D eigenvalue weighted by Gasteiger charge is 2.24. The van der Waals surface area contributed by atoms with Crippen LogP contribution in [0, 0.1) is 5.41 Å². The van der Waals surface area contributed by atoms with E-state index in [0.29, 0.717) is 0 Å². The van der Waals surface area contributed by atoms with Gasteiger partial charge in [-0.05, 0) is 23.9 Å². The molecule has 0 spiro atoms. The summed E-state index contributed by atoms with van der Waals surface area (Å²) in [6.45, 7) is 0. The number of imide groups is 1. The minimum absolute atomic E-state index is 0.251. The fourth-order valence-electron chi connectivity index (χ4n) is 0.717. The summed E-state index contributed by atoms with van der Waals surface area (Å²) in [6, 6.07) is 0. The first-order valence-electron chi connectivity index (χ1n) is 3.34. The van der Waals surface area contributed by atoms with Gasteiger partial charge in [0.25, 0.3) is 11.1 Å². The number of nitrogens with two attached hydrogens (primary N) is 1. The van der Waals surface area contributed by atoms with Crippen molar-refractivity contribution in [1.29, 1.82) is 5.41 Å². The SMILES string of the molecule is N=C/C=C(N)/C=C1\SC(=O)NC1=O. The molecule has 0 aliphatic carbocycles. The molecule has 4 N–H and O–H groups in total. The number of carbonyl (C=O) groups excluding carboxylic acids is 2. The quantitative estimate of drug-likeness (QED) is 0.439. The molecule has 1 rings (SSSR count). The van der Waals surface area contributed by atoms with Crippen LogP contribution in [0.15, 0.2) is 22.8 Å². The van der Waals surface area contributed by atoms with E-state index < -0.39 is 11.1 Å². The van der Waals surface area contributed by atoms with E-state index in [1.807, 2.05) is 0 Å². The lowest BCUT2D eigenvalue weighted by atomic mass is 10.3. The van der Waals surface area contributed by atoms with E-state index in [9.17, 15) is 9.59 Å². The molecule has 0 aromatic carbocycles. The second-order valence-electron chi connectivity index (χ2n) is 2.19. The average Bonchev–Trinajstić information content (AvgIpc) is 2.30. The minimum Gasteiger partial charge on any atom is -0.399 e. The predicted molar refractivity (Wildman–Crippen MR) is 50.3 cm³/mol. The highest BCUT2D eigenvalue weighted by molar-refractivity contribution is 8.18. The molecule has 0 radical (unpaired) electrons. The summed E-state index contributed by atoms with van der Waals surface area (Å²) in [5.41, 5.74) is 5.67. The van der Waals surface area contributed by atoms with Crippen molar-refractivity contribution >= 4 is 29.1 Å². The van der Waals surface area contributed by atoms with E-state index in [0.717, 1.165) is 18.0 Å². The van der Waals surface area contributed by atoms with Gasteiger partial charge in [-0.2, -0.15) is 0 Å². The van der Waals surface area contributed by atoms with Crippen LogP contribution in [0.5, 0.6) is 0 Å². The smallest absolute Gasteiger partial charge is 0.290 e. The molecule has 0 saturated carbocycles. The zero-order chi connectivity index (χ0) is 9.84. The second kappa shape index (κ2) is 3.90. The number of nitrogens with one attached hydrogen (secondary N) is 2. The third-order valence-corrected chi connectivity index (χ3v) is 2.03. The molecule has 1 heterocycles. The highest BCUT2D eigenvalue weighted by atomic mass is 32.2. The molecule has 0 bridgehead atoms. The standard InChI is InChI=1S/C7H7N3O2S/c8-2-1-4(9)3-5-6(11)10-7(12)13-5/h1-3,8H,9H2,(H,10,11,12)/b4-1-,5-3-,8-2?. The fraction of sp³-hybridized carbons (Fsp3) is 0. The Labute approximate surface area is 78.6 Å². The van der Waals surface area contributed by atoms with Crippen LogP contribution >= 0.6 is 11.8 Å². The average molecular weight is 197 g/mol. The fourth-order valence-corrected chi connectivity index (χ4v) is 1.40. The number of thioether (sulfide) groups is 1. The third-order valence-electron chi connectivity index (χ3n) is 1.22. The Kier molecular flexibility index (Phi) is 2.86. The van der Waals surface area contributed by atoms with Crippen LogP contribution in [0.25, 0.3) is 0 Å². The molecule has 1 fully saturated rings. The summed E-state index contributed by atoms with van der Waals surface area (Å²) < 4.78 is 0. The van der Waals surface area contributed by atoms with Crippen molar-refractivity contribution in [3.8, 4) is 0 Å². The molecule has 0 atom stereocenters. The maximum Gasteiger partial charge on any atom is 0.290 e. The van der Waals surface area contributed by atoms with Gasteiger partial charge in [-0.25, -0.2) is 0 Å². The van der Waals surface area contributed by atoms with Gasteiger partial charge in [0.05, 0.1) is 4.91 Å². The predicted octanol–water partition coefficient (Wildman–Crippen LogP) is 0.345. The Balaban J connectivity index is 2.83. The van der Waals surface area contributed by atoms with E-state index in [1.54, 1.807) is 0 Å². The Morgan fingerprint density at radius 1 is 1.54 bits per heavy atom. The molecule has 1 aliphatic heterocycles. The van der Waals surface area contributed by atoms with E-state index in [1.165, 1.54) is 12.2 Å². The molecule has 68 valence electrons. The number of hydrogen-bond donors (Lipinski definition) is 3. The molecule has 0 aromatic rings. The van der Waals surface area contributed by atoms with Gasteiger partial charge in [0, 0.05) is 11.9 Å². The molecule has 1 saturated heterocycles. The van der Waals surface area contributed by atoms with E-state index in [-0.39, 0.29) is 10.6 Å². The topological polar surface area (TPSA) is 96.0 Å². The maximum absolute atomic E-state index is 11.0. The number of carbonyl (C=O) groups is 2. The van der Waals surface area contributed by atoms with E-state index in [2.05, 4.69) is 5.32 Å². The molecule has 13 heavy (non-hydrogen) atoms.